The van der Waals surface area contributed by atoms with E-state index in [0.29, 0.717) is 5.02 Å². The van der Waals surface area contributed by atoms with Crippen molar-refractivity contribution in [1.82, 2.24) is 4.90 Å². The standard InChI is InChI=1S/C18H17ClFNO/c1-21-9-16(11-6-12(19)8-13(20)7-11)14-2-3-18-15(4-5-22-18)17(14)10-21/h2-3,6-8,16H,4-5,9-10H2,1H3. The number of hydrogen-bond donors (Lipinski definition) is 0. The first kappa shape index (κ1) is 14.0. The average molecular weight is 318 g/mol. The first-order chi connectivity index (χ1) is 10.6. The van der Waals surface area contributed by atoms with Crippen LogP contribution in [0.25, 0.3) is 0 Å². The molecule has 2 aromatic rings. The molecular weight excluding hydrogens is 301 g/mol. The van der Waals surface area contributed by atoms with Gasteiger partial charge in [0.1, 0.15) is 11.6 Å². The summed E-state index contributed by atoms with van der Waals surface area (Å²) in [5, 5.41) is 0.453. The van der Waals surface area contributed by atoms with Gasteiger partial charge in [0.15, 0.2) is 0 Å². The van der Waals surface area contributed by atoms with Crippen molar-refractivity contribution in [3.8, 4) is 5.75 Å². The molecule has 0 amide bonds. The molecule has 0 saturated carbocycles. The lowest BCUT2D eigenvalue weighted by Gasteiger charge is -2.33. The normalized spacial score (nSPS) is 20.4. The van der Waals surface area contributed by atoms with E-state index < -0.39 is 0 Å². The van der Waals surface area contributed by atoms with Gasteiger partial charge in [0.2, 0.25) is 0 Å². The summed E-state index contributed by atoms with van der Waals surface area (Å²) in [7, 11) is 2.10. The molecule has 0 bridgehead atoms. The molecule has 2 aliphatic heterocycles. The SMILES string of the molecule is CN1Cc2c(ccc3c2CCO3)C(c2cc(F)cc(Cl)c2)C1. The van der Waals surface area contributed by atoms with E-state index in [1.54, 1.807) is 6.07 Å². The Morgan fingerprint density at radius 3 is 2.91 bits per heavy atom. The summed E-state index contributed by atoms with van der Waals surface area (Å²) in [6.07, 6.45) is 0.961. The molecule has 0 saturated heterocycles. The third-order valence-corrected chi connectivity index (χ3v) is 4.84. The lowest BCUT2D eigenvalue weighted by atomic mass is 9.82. The minimum atomic E-state index is -0.276. The molecule has 4 heteroatoms. The molecule has 2 aromatic carbocycles. The number of hydrogen-bond acceptors (Lipinski definition) is 2. The van der Waals surface area contributed by atoms with Crippen LogP contribution in [0.5, 0.6) is 5.75 Å². The van der Waals surface area contributed by atoms with Crippen LogP contribution in [0.15, 0.2) is 30.3 Å². The van der Waals surface area contributed by atoms with Crippen LogP contribution >= 0.6 is 11.6 Å². The van der Waals surface area contributed by atoms with Gasteiger partial charge in [0.25, 0.3) is 0 Å². The van der Waals surface area contributed by atoms with Gasteiger partial charge in [-0.15, -0.1) is 0 Å². The minimum absolute atomic E-state index is 0.146. The van der Waals surface area contributed by atoms with Crippen LogP contribution in [0, 0.1) is 5.82 Å². The van der Waals surface area contributed by atoms with Crippen molar-refractivity contribution < 1.29 is 9.13 Å². The van der Waals surface area contributed by atoms with Gasteiger partial charge in [-0.1, -0.05) is 17.7 Å². The second-order valence-corrected chi connectivity index (χ2v) is 6.60. The fraction of sp³-hybridized carbons (Fsp3) is 0.333. The first-order valence-corrected chi connectivity index (χ1v) is 7.91. The van der Waals surface area contributed by atoms with Gasteiger partial charge < -0.3 is 9.64 Å². The highest BCUT2D eigenvalue weighted by molar-refractivity contribution is 6.30. The fourth-order valence-electron chi connectivity index (χ4n) is 3.68. The highest BCUT2D eigenvalue weighted by Crippen LogP contribution is 2.40. The molecule has 2 nitrogen and oxygen atoms in total. The summed E-state index contributed by atoms with van der Waals surface area (Å²) < 4.78 is 19.4. The summed E-state index contributed by atoms with van der Waals surface area (Å²) in [5.41, 5.74) is 4.88. The van der Waals surface area contributed by atoms with Gasteiger partial charge >= 0.3 is 0 Å². The van der Waals surface area contributed by atoms with E-state index in [-0.39, 0.29) is 11.7 Å². The van der Waals surface area contributed by atoms with Crippen LogP contribution in [0.2, 0.25) is 5.02 Å². The summed E-state index contributed by atoms with van der Waals surface area (Å²) in [6, 6.07) is 9.02. The smallest absolute Gasteiger partial charge is 0.124 e. The number of rotatable bonds is 1. The van der Waals surface area contributed by atoms with Gasteiger partial charge in [-0.2, -0.15) is 0 Å². The molecular formula is C18H17ClFNO. The monoisotopic (exact) mass is 317 g/mol. The Bertz CT molecular complexity index is 726. The second-order valence-electron chi connectivity index (χ2n) is 6.16. The molecule has 22 heavy (non-hydrogen) atoms. The van der Waals surface area contributed by atoms with Gasteiger partial charge in [-0.3, -0.25) is 0 Å². The Morgan fingerprint density at radius 1 is 1.23 bits per heavy atom. The van der Waals surface area contributed by atoms with Crippen LogP contribution in [0.3, 0.4) is 0 Å². The topological polar surface area (TPSA) is 12.5 Å². The van der Waals surface area contributed by atoms with E-state index in [0.717, 1.165) is 37.4 Å². The molecule has 2 heterocycles. The van der Waals surface area contributed by atoms with E-state index in [9.17, 15) is 4.39 Å². The van der Waals surface area contributed by atoms with Crippen molar-refractivity contribution in [3.63, 3.8) is 0 Å². The summed E-state index contributed by atoms with van der Waals surface area (Å²) >= 11 is 6.05. The van der Waals surface area contributed by atoms with Crippen molar-refractivity contribution in [2.24, 2.45) is 0 Å². The largest absolute Gasteiger partial charge is 0.493 e. The van der Waals surface area contributed by atoms with E-state index in [1.807, 2.05) is 6.07 Å². The van der Waals surface area contributed by atoms with E-state index in [4.69, 9.17) is 16.3 Å². The number of ether oxygens (including phenoxy) is 1. The zero-order valence-electron chi connectivity index (χ0n) is 12.4. The zero-order chi connectivity index (χ0) is 15.3. The average Bonchev–Trinajstić information content (AvgIpc) is 2.94. The maximum absolute atomic E-state index is 13.8. The number of nitrogens with zero attached hydrogens (tertiary/aromatic N) is 1. The van der Waals surface area contributed by atoms with E-state index >= 15 is 0 Å². The van der Waals surface area contributed by atoms with Gasteiger partial charge in [0, 0.05) is 36.0 Å². The van der Waals surface area contributed by atoms with Crippen LogP contribution in [-0.4, -0.2) is 25.1 Å². The van der Waals surface area contributed by atoms with Crippen molar-refractivity contribution in [2.75, 3.05) is 20.2 Å². The molecule has 0 radical (unpaired) electrons. The molecule has 0 aromatic heterocycles. The predicted molar refractivity (Wildman–Crippen MR) is 85.2 cm³/mol. The Balaban J connectivity index is 1.86. The maximum Gasteiger partial charge on any atom is 0.124 e. The minimum Gasteiger partial charge on any atom is -0.493 e. The van der Waals surface area contributed by atoms with Crippen molar-refractivity contribution >= 4 is 11.6 Å². The highest BCUT2D eigenvalue weighted by atomic mass is 35.5. The summed E-state index contributed by atoms with van der Waals surface area (Å²) in [6.45, 7) is 2.54. The van der Waals surface area contributed by atoms with Gasteiger partial charge in [-0.05, 0) is 48.0 Å². The molecule has 1 atom stereocenters. The van der Waals surface area contributed by atoms with Crippen LogP contribution in [0.4, 0.5) is 4.39 Å². The maximum atomic E-state index is 13.8. The third kappa shape index (κ3) is 2.29. The van der Waals surface area contributed by atoms with E-state index in [2.05, 4.69) is 24.1 Å². The van der Waals surface area contributed by atoms with Crippen molar-refractivity contribution in [3.05, 3.63) is 63.4 Å². The zero-order valence-corrected chi connectivity index (χ0v) is 13.2. The van der Waals surface area contributed by atoms with Crippen LogP contribution in [-0.2, 0) is 13.0 Å². The molecule has 0 N–H and O–H groups in total. The Morgan fingerprint density at radius 2 is 2.09 bits per heavy atom. The molecule has 2 aliphatic rings. The van der Waals surface area contributed by atoms with Crippen molar-refractivity contribution in [2.45, 2.75) is 18.9 Å². The second kappa shape index (κ2) is 5.25. The van der Waals surface area contributed by atoms with Crippen LogP contribution in [0.1, 0.15) is 28.2 Å². The van der Waals surface area contributed by atoms with E-state index in [1.165, 1.54) is 22.8 Å². The number of benzene rings is 2. The number of likely N-dealkylation sites (N-methyl/N-ethyl adjacent to an activating group) is 1. The highest BCUT2D eigenvalue weighted by Gasteiger charge is 2.29. The molecule has 114 valence electrons. The summed E-state index contributed by atoms with van der Waals surface area (Å²) in [5.74, 6) is 0.875. The lowest BCUT2D eigenvalue weighted by Crippen LogP contribution is -2.31. The molecule has 0 fully saturated rings. The quantitative estimate of drug-likeness (QED) is 0.788. The Hall–Kier alpha value is -1.58. The molecule has 0 spiro atoms. The van der Waals surface area contributed by atoms with Gasteiger partial charge in [-0.25, -0.2) is 4.39 Å². The lowest BCUT2D eigenvalue weighted by molar-refractivity contribution is 0.294. The Labute approximate surface area is 134 Å². The number of halogens is 2. The summed E-state index contributed by atoms with van der Waals surface area (Å²) in [4.78, 5) is 2.28. The third-order valence-electron chi connectivity index (χ3n) is 4.62. The van der Waals surface area contributed by atoms with Crippen molar-refractivity contribution in [1.29, 1.82) is 0 Å². The first-order valence-electron chi connectivity index (χ1n) is 7.54. The van der Waals surface area contributed by atoms with Crippen LogP contribution < -0.4 is 4.74 Å². The molecule has 4 rings (SSSR count). The molecule has 1 unspecified atom stereocenters. The fourth-order valence-corrected chi connectivity index (χ4v) is 3.91. The number of fused-ring (bicyclic) bond motifs is 3. The predicted octanol–water partition coefficient (Wildman–Crippen LogP) is 3.99. The molecule has 0 aliphatic carbocycles. The Kier molecular flexibility index (Phi) is 3.35. The van der Waals surface area contributed by atoms with Gasteiger partial charge in [0.05, 0.1) is 6.61 Å².